The fourth-order valence-corrected chi connectivity index (χ4v) is 2.89. The number of anilines is 1. The molecule has 0 atom stereocenters. The fourth-order valence-electron chi connectivity index (χ4n) is 1.70. The number of nitrogen functional groups attached to an aromatic ring is 1. The quantitative estimate of drug-likeness (QED) is 0.803. The van der Waals surface area contributed by atoms with Gasteiger partial charge in [0.15, 0.2) is 0 Å². The van der Waals surface area contributed by atoms with Gasteiger partial charge in [0.25, 0.3) is 5.91 Å². The molecule has 2 rings (SSSR count). The smallest absolute Gasteiger partial charge is 0.397 e. The Labute approximate surface area is 122 Å². The summed E-state index contributed by atoms with van der Waals surface area (Å²) in [5, 5.41) is -0.302. The number of alkyl halides is 3. The largest absolute Gasteiger partial charge is 0.416 e. The molecule has 1 saturated heterocycles. The van der Waals surface area contributed by atoms with Gasteiger partial charge in [0.05, 0.1) is 21.8 Å². The van der Waals surface area contributed by atoms with Crippen molar-refractivity contribution in [2.75, 3.05) is 17.2 Å². The minimum absolute atomic E-state index is 0.181. The van der Waals surface area contributed by atoms with Crippen LogP contribution in [0.3, 0.4) is 0 Å². The number of benzene rings is 1. The first kappa shape index (κ1) is 15.2. The molecule has 20 heavy (non-hydrogen) atoms. The average molecular weight is 323 g/mol. The van der Waals surface area contributed by atoms with Gasteiger partial charge in [-0.25, -0.2) is 4.99 Å². The van der Waals surface area contributed by atoms with Crippen LogP contribution >= 0.6 is 23.4 Å². The molecular formula is C12H10ClF3N2OS. The van der Waals surface area contributed by atoms with E-state index in [0.29, 0.717) is 30.0 Å². The van der Waals surface area contributed by atoms with Crippen LogP contribution in [0.1, 0.15) is 22.3 Å². The normalized spacial score (nSPS) is 17.7. The number of hydrogen-bond acceptors (Lipinski definition) is 3. The molecule has 1 aromatic rings. The van der Waals surface area contributed by atoms with Gasteiger partial charge in [-0.2, -0.15) is 24.9 Å². The number of rotatable bonds is 1. The van der Waals surface area contributed by atoms with Gasteiger partial charge in [-0.05, 0) is 24.3 Å². The van der Waals surface area contributed by atoms with Crippen LogP contribution in [0, 0.1) is 0 Å². The Hall–Kier alpha value is -1.21. The first-order valence-corrected chi connectivity index (χ1v) is 7.17. The molecule has 3 nitrogen and oxygen atoms in total. The van der Waals surface area contributed by atoms with Gasteiger partial charge in [-0.15, -0.1) is 0 Å². The van der Waals surface area contributed by atoms with E-state index >= 15 is 0 Å². The molecule has 8 heteroatoms. The maximum Gasteiger partial charge on any atom is 0.416 e. The van der Waals surface area contributed by atoms with Crippen molar-refractivity contribution in [1.82, 2.24) is 0 Å². The summed E-state index contributed by atoms with van der Waals surface area (Å²) in [6.07, 6.45) is -3.94. The highest BCUT2D eigenvalue weighted by atomic mass is 35.5. The summed E-state index contributed by atoms with van der Waals surface area (Å²) >= 11 is 7.27. The maximum absolute atomic E-state index is 12.7. The zero-order valence-corrected chi connectivity index (χ0v) is 11.7. The molecule has 0 spiro atoms. The topological polar surface area (TPSA) is 55.5 Å². The van der Waals surface area contributed by atoms with Gasteiger partial charge in [0.1, 0.15) is 0 Å². The monoisotopic (exact) mass is 322 g/mol. The van der Waals surface area contributed by atoms with Gasteiger partial charge < -0.3 is 5.73 Å². The van der Waals surface area contributed by atoms with Crippen LogP contribution < -0.4 is 5.73 Å². The third kappa shape index (κ3) is 3.27. The van der Waals surface area contributed by atoms with Crippen LogP contribution in [0.4, 0.5) is 18.9 Å². The lowest BCUT2D eigenvalue weighted by molar-refractivity contribution is -0.137. The SMILES string of the molecule is Nc1c(Cl)cc(C(F)(F)F)cc1C(=O)N=C1CCSC1. The molecule has 0 bridgehead atoms. The second-order valence-corrected chi connectivity index (χ2v) is 5.72. The molecule has 0 aliphatic carbocycles. The minimum Gasteiger partial charge on any atom is -0.397 e. The number of aliphatic imine (C=N–C) groups is 1. The third-order valence-corrected chi connectivity index (χ3v) is 4.09. The highest BCUT2D eigenvalue weighted by Crippen LogP contribution is 2.35. The van der Waals surface area contributed by atoms with Crippen LogP contribution in [-0.4, -0.2) is 23.1 Å². The molecule has 108 valence electrons. The molecule has 0 radical (unpaired) electrons. The van der Waals surface area contributed by atoms with Gasteiger partial charge >= 0.3 is 6.18 Å². The molecule has 0 unspecified atom stereocenters. The third-order valence-electron chi connectivity index (χ3n) is 2.75. The fraction of sp³-hybridized carbons (Fsp3) is 0.333. The van der Waals surface area contributed by atoms with Crippen LogP contribution in [0.25, 0.3) is 0 Å². The van der Waals surface area contributed by atoms with Crippen LogP contribution in [-0.2, 0) is 6.18 Å². The highest BCUT2D eigenvalue weighted by molar-refractivity contribution is 8.00. The Balaban J connectivity index is 2.42. The zero-order valence-electron chi connectivity index (χ0n) is 10.1. The summed E-state index contributed by atoms with van der Waals surface area (Å²) in [5.74, 6) is 0.677. The summed E-state index contributed by atoms with van der Waals surface area (Å²) in [7, 11) is 0. The van der Waals surface area contributed by atoms with Gasteiger partial charge in [0.2, 0.25) is 0 Å². The Morgan fingerprint density at radius 1 is 1.40 bits per heavy atom. The highest BCUT2D eigenvalue weighted by Gasteiger charge is 2.32. The first-order chi connectivity index (χ1) is 9.29. The van der Waals surface area contributed by atoms with Gasteiger partial charge in [-0.1, -0.05) is 11.6 Å². The Morgan fingerprint density at radius 2 is 2.10 bits per heavy atom. The van der Waals surface area contributed by atoms with E-state index in [2.05, 4.69) is 4.99 Å². The number of hydrogen-bond donors (Lipinski definition) is 1. The lowest BCUT2D eigenvalue weighted by Crippen LogP contribution is -2.11. The van der Waals surface area contributed by atoms with E-state index in [-0.39, 0.29) is 16.3 Å². The van der Waals surface area contributed by atoms with E-state index in [4.69, 9.17) is 17.3 Å². The molecule has 1 fully saturated rings. The molecule has 1 amide bonds. The van der Waals surface area contributed by atoms with E-state index < -0.39 is 17.6 Å². The van der Waals surface area contributed by atoms with Crippen molar-refractivity contribution in [2.45, 2.75) is 12.6 Å². The Kier molecular flexibility index (Phi) is 4.29. The number of carbonyl (C=O) groups is 1. The van der Waals surface area contributed by atoms with E-state index in [1.54, 1.807) is 11.8 Å². The van der Waals surface area contributed by atoms with E-state index in [1.165, 1.54) is 0 Å². The summed E-state index contributed by atoms with van der Waals surface area (Å²) in [6, 6.07) is 1.39. The maximum atomic E-state index is 12.7. The average Bonchev–Trinajstić information content (AvgIpc) is 2.83. The molecule has 0 saturated carbocycles. The molecule has 1 heterocycles. The van der Waals surface area contributed by atoms with E-state index in [1.807, 2.05) is 0 Å². The predicted molar refractivity (Wildman–Crippen MR) is 74.6 cm³/mol. The number of halogens is 4. The molecular weight excluding hydrogens is 313 g/mol. The molecule has 1 aliphatic heterocycles. The summed E-state index contributed by atoms with van der Waals surface area (Å²) in [4.78, 5) is 15.8. The standard InChI is InChI=1S/C12H10ClF3N2OS/c13-9-4-6(12(14,15)16)3-8(10(9)17)11(19)18-7-1-2-20-5-7/h3-4H,1-2,5,17H2. The molecule has 1 aromatic carbocycles. The predicted octanol–water partition coefficient (Wildman–Crippen LogP) is 3.66. The Bertz CT molecular complexity index is 579. The van der Waals surface area contributed by atoms with E-state index in [9.17, 15) is 18.0 Å². The van der Waals surface area contributed by atoms with Crippen molar-refractivity contribution in [2.24, 2.45) is 4.99 Å². The number of nitrogens with two attached hydrogens (primary N) is 1. The first-order valence-electron chi connectivity index (χ1n) is 5.64. The Morgan fingerprint density at radius 3 is 2.65 bits per heavy atom. The number of nitrogens with zero attached hydrogens (tertiary/aromatic N) is 1. The van der Waals surface area contributed by atoms with Crippen molar-refractivity contribution in [3.63, 3.8) is 0 Å². The lowest BCUT2D eigenvalue weighted by atomic mass is 10.1. The number of amides is 1. The van der Waals surface area contributed by atoms with Crippen molar-refractivity contribution in [3.8, 4) is 0 Å². The number of thioether (sulfide) groups is 1. The molecule has 1 aliphatic rings. The number of carbonyl (C=O) groups excluding carboxylic acids is 1. The summed E-state index contributed by atoms with van der Waals surface area (Å²) in [5.41, 5.74) is 4.73. The lowest BCUT2D eigenvalue weighted by Gasteiger charge is -2.11. The van der Waals surface area contributed by atoms with Crippen LogP contribution in [0.5, 0.6) is 0 Å². The molecule has 0 aromatic heterocycles. The van der Waals surface area contributed by atoms with Crippen LogP contribution in [0.2, 0.25) is 5.02 Å². The zero-order chi connectivity index (χ0) is 14.9. The van der Waals surface area contributed by atoms with Gasteiger partial charge in [-0.3, -0.25) is 4.79 Å². The summed E-state index contributed by atoms with van der Waals surface area (Å²) in [6.45, 7) is 0. The van der Waals surface area contributed by atoms with Gasteiger partial charge in [0, 0.05) is 11.5 Å². The van der Waals surface area contributed by atoms with Crippen molar-refractivity contribution >= 4 is 40.7 Å². The molecule has 2 N–H and O–H groups in total. The minimum atomic E-state index is -4.59. The van der Waals surface area contributed by atoms with Crippen molar-refractivity contribution in [1.29, 1.82) is 0 Å². The van der Waals surface area contributed by atoms with Crippen LogP contribution in [0.15, 0.2) is 17.1 Å². The van der Waals surface area contributed by atoms with Crippen molar-refractivity contribution in [3.05, 3.63) is 28.3 Å². The second kappa shape index (κ2) is 5.65. The summed E-state index contributed by atoms with van der Waals surface area (Å²) < 4.78 is 38.1. The second-order valence-electron chi connectivity index (χ2n) is 4.20. The van der Waals surface area contributed by atoms with E-state index in [0.717, 1.165) is 5.75 Å². The van der Waals surface area contributed by atoms with Crippen molar-refractivity contribution < 1.29 is 18.0 Å².